The molecule has 0 saturated carbocycles. The summed E-state index contributed by atoms with van der Waals surface area (Å²) < 4.78 is 10.7. The van der Waals surface area contributed by atoms with Gasteiger partial charge < -0.3 is 20.1 Å². The highest BCUT2D eigenvalue weighted by molar-refractivity contribution is 5.68. The van der Waals surface area contributed by atoms with Crippen LogP contribution in [0, 0.1) is 0 Å². The van der Waals surface area contributed by atoms with E-state index in [-0.39, 0.29) is 11.6 Å². The molecule has 1 aromatic carbocycles. The lowest BCUT2D eigenvalue weighted by Crippen LogP contribution is -2.53. The maximum Gasteiger partial charge on any atom is 0.410 e. The van der Waals surface area contributed by atoms with E-state index >= 15 is 0 Å². The van der Waals surface area contributed by atoms with Crippen LogP contribution in [0.2, 0.25) is 0 Å². The quantitative estimate of drug-likeness (QED) is 0.930. The van der Waals surface area contributed by atoms with Gasteiger partial charge in [0.25, 0.3) is 0 Å². The predicted molar refractivity (Wildman–Crippen MR) is 90.7 cm³/mol. The van der Waals surface area contributed by atoms with Gasteiger partial charge in [0.2, 0.25) is 0 Å². The van der Waals surface area contributed by atoms with Crippen molar-refractivity contribution in [3.63, 3.8) is 0 Å². The maximum absolute atomic E-state index is 12.1. The molecule has 2 N–H and O–H groups in total. The monoisotopic (exact) mass is 320 g/mol. The highest BCUT2D eigenvalue weighted by Crippen LogP contribution is 2.26. The Morgan fingerprint density at radius 1 is 1.30 bits per heavy atom. The van der Waals surface area contributed by atoms with Crippen LogP contribution in [0.4, 0.5) is 4.79 Å². The van der Waals surface area contributed by atoms with Crippen molar-refractivity contribution in [2.45, 2.75) is 51.2 Å². The number of hydrogen-bond donors (Lipinski definition) is 1. The fourth-order valence-electron chi connectivity index (χ4n) is 2.83. The van der Waals surface area contributed by atoms with Crippen LogP contribution < -0.4 is 10.5 Å². The summed E-state index contributed by atoms with van der Waals surface area (Å²) in [4.78, 5) is 13.9. The Bertz CT molecular complexity index is 543. The van der Waals surface area contributed by atoms with E-state index in [1.54, 1.807) is 12.0 Å². The largest absolute Gasteiger partial charge is 0.497 e. The first-order chi connectivity index (χ1) is 10.7. The number of carbonyl (C=O) groups is 1. The maximum atomic E-state index is 12.1. The summed E-state index contributed by atoms with van der Waals surface area (Å²) in [5, 5.41) is 0. The molecule has 23 heavy (non-hydrogen) atoms. The van der Waals surface area contributed by atoms with Gasteiger partial charge in [-0.15, -0.1) is 0 Å². The zero-order valence-corrected chi connectivity index (χ0v) is 14.6. The number of ether oxygens (including phenoxy) is 2. The summed E-state index contributed by atoms with van der Waals surface area (Å²) in [5.41, 5.74) is 6.97. The second kappa shape index (κ2) is 6.79. The number of amides is 1. The summed E-state index contributed by atoms with van der Waals surface area (Å²) in [6.45, 7) is 6.91. The van der Waals surface area contributed by atoms with Gasteiger partial charge in [-0.2, -0.15) is 0 Å². The molecule has 1 amide bonds. The predicted octanol–water partition coefficient (Wildman–Crippen LogP) is 2.97. The van der Waals surface area contributed by atoms with E-state index in [4.69, 9.17) is 15.2 Å². The van der Waals surface area contributed by atoms with Gasteiger partial charge in [-0.05, 0) is 57.7 Å². The average Bonchev–Trinajstić information content (AvgIpc) is 2.46. The molecule has 0 bridgehead atoms. The fourth-order valence-corrected chi connectivity index (χ4v) is 2.83. The van der Waals surface area contributed by atoms with E-state index in [2.05, 4.69) is 6.07 Å². The first-order valence-electron chi connectivity index (χ1n) is 8.11. The smallest absolute Gasteiger partial charge is 0.410 e. The number of nitrogens with two attached hydrogens (primary N) is 1. The van der Waals surface area contributed by atoms with Crippen LogP contribution in [0.5, 0.6) is 5.75 Å². The molecular weight excluding hydrogens is 292 g/mol. The Morgan fingerprint density at radius 3 is 2.52 bits per heavy atom. The van der Waals surface area contributed by atoms with Crippen LogP contribution in [0.15, 0.2) is 24.3 Å². The van der Waals surface area contributed by atoms with Crippen molar-refractivity contribution in [3.8, 4) is 5.75 Å². The lowest BCUT2D eigenvalue weighted by molar-refractivity contribution is 0.0169. The summed E-state index contributed by atoms with van der Waals surface area (Å²) in [6, 6.07) is 8.00. The Morgan fingerprint density at radius 2 is 1.96 bits per heavy atom. The molecule has 5 nitrogen and oxygen atoms in total. The van der Waals surface area contributed by atoms with Gasteiger partial charge in [0.05, 0.1) is 7.11 Å². The number of benzene rings is 1. The molecule has 128 valence electrons. The van der Waals surface area contributed by atoms with Gasteiger partial charge in [0, 0.05) is 18.6 Å². The van der Waals surface area contributed by atoms with Gasteiger partial charge in [0.15, 0.2) is 0 Å². The van der Waals surface area contributed by atoms with Crippen LogP contribution in [-0.4, -0.2) is 42.3 Å². The van der Waals surface area contributed by atoms with Crippen molar-refractivity contribution in [3.05, 3.63) is 29.8 Å². The topological polar surface area (TPSA) is 64.8 Å². The molecular formula is C18H28N2O3. The minimum Gasteiger partial charge on any atom is -0.497 e. The third-order valence-corrected chi connectivity index (χ3v) is 4.10. The molecule has 0 unspecified atom stereocenters. The molecule has 1 aliphatic rings. The Balaban J connectivity index is 1.93. The van der Waals surface area contributed by atoms with E-state index in [1.165, 1.54) is 0 Å². The normalized spacial score (nSPS) is 17.7. The van der Waals surface area contributed by atoms with Gasteiger partial charge in [-0.3, -0.25) is 0 Å². The van der Waals surface area contributed by atoms with Gasteiger partial charge in [0.1, 0.15) is 11.4 Å². The molecule has 1 saturated heterocycles. The Labute approximate surface area is 138 Å². The van der Waals surface area contributed by atoms with E-state index in [9.17, 15) is 4.79 Å². The van der Waals surface area contributed by atoms with Crippen molar-refractivity contribution < 1.29 is 14.3 Å². The van der Waals surface area contributed by atoms with Crippen LogP contribution in [0.1, 0.15) is 39.2 Å². The molecule has 0 aliphatic carbocycles. The van der Waals surface area contributed by atoms with Gasteiger partial charge in [-0.1, -0.05) is 12.1 Å². The average molecular weight is 320 g/mol. The molecule has 2 rings (SSSR count). The minimum absolute atomic E-state index is 0.249. The number of likely N-dealkylation sites (tertiary alicyclic amines) is 1. The lowest BCUT2D eigenvalue weighted by atomic mass is 9.83. The van der Waals surface area contributed by atoms with E-state index in [0.29, 0.717) is 13.1 Å². The highest BCUT2D eigenvalue weighted by Gasteiger charge is 2.34. The van der Waals surface area contributed by atoms with Crippen LogP contribution in [0.25, 0.3) is 0 Å². The first-order valence-corrected chi connectivity index (χ1v) is 8.11. The Kier molecular flexibility index (Phi) is 5.19. The van der Waals surface area contributed by atoms with Crippen LogP contribution in [-0.2, 0) is 11.2 Å². The summed E-state index contributed by atoms with van der Waals surface area (Å²) in [5.74, 6) is 0.845. The van der Waals surface area contributed by atoms with Crippen molar-refractivity contribution in [2.24, 2.45) is 5.73 Å². The van der Waals surface area contributed by atoms with Crippen molar-refractivity contribution in [1.82, 2.24) is 4.90 Å². The number of hydrogen-bond acceptors (Lipinski definition) is 4. The molecule has 0 aromatic heterocycles. The summed E-state index contributed by atoms with van der Waals surface area (Å²) in [6.07, 6.45) is 2.07. The third kappa shape index (κ3) is 5.13. The van der Waals surface area contributed by atoms with Crippen LogP contribution in [0.3, 0.4) is 0 Å². The third-order valence-electron chi connectivity index (χ3n) is 4.10. The molecule has 1 fully saturated rings. The number of rotatable bonds is 3. The second-order valence-corrected chi connectivity index (χ2v) is 7.36. The van der Waals surface area contributed by atoms with Gasteiger partial charge in [-0.25, -0.2) is 4.79 Å². The lowest BCUT2D eigenvalue weighted by Gasteiger charge is -2.39. The Hall–Kier alpha value is -1.75. The molecule has 5 heteroatoms. The minimum atomic E-state index is -0.463. The molecule has 1 aliphatic heterocycles. The number of nitrogens with zero attached hydrogens (tertiary/aromatic N) is 1. The second-order valence-electron chi connectivity index (χ2n) is 7.36. The van der Waals surface area contributed by atoms with E-state index < -0.39 is 5.60 Å². The standard InChI is InChI=1S/C18H28N2O3/c1-17(2,3)23-16(21)20-10-8-18(19,9-11-20)13-14-6-5-7-15(12-14)22-4/h5-7,12H,8-11,13,19H2,1-4H3. The molecule has 0 radical (unpaired) electrons. The van der Waals surface area contributed by atoms with E-state index in [1.807, 2.05) is 39.0 Å². The molecule has 1 heterocycles. The first kappa shape index (κ1) is 17.6. The zero-order chi connectivity index (χ0) is 17.1. The number of carbonyl (C=O) groups excluding carboxylic acids is 1. The van der Waals surface area contributed by atoms with Crippen molar-refractivity contribution in [1.29, 1.82) is 0 Å². The fraction of sp³-hybridized carbons (Fsp3) is 0.611. The number of methoxy groups -OCH3 is 1. The van der Waals surface area contributed by atoms with Gasteiger partial charge >= 0.3 is 6.09 Å². The number of piperidine rings is 1. The molecule has 0 spiro atoms. The summed E-state index contributed by atoms with van der Waals surface area (Å²) >= 11 is 0. The summed E-state index contributed by atoms with van der Waals surface area (Å²) in [7, 11) is 1.66. The zero-order valence-electron chi connectivity index (χ0n) is 14.6. The highest BCUT2D eigenvalue weighted by atomic mass is 16.6. The van der Waals surface area contributed by atoms with Crippen molar-refractivity contribution >= 4 is 6.09 Å². The van der Waals surface area contributed by atoms with Crippen LogP contribution >= 0.6 is 0 Å². The van der Waals surface area contributed by atoms with Crippen molar-refractivity contribution in [2.75, 3.05) is 20.2 Å². The molecule has 1 aromatic rings. The SMILES string of the molecule is COc1cccc(CC2(N)CCN(C(=O)OC(C)(C)C)CC2)c1. The molecule has 0 atom stereocenters. The van der Waals surface area contributed by atoms with E-state index in [0.717, 1.165) is 30.6 Å².